The van der Waals surface area contributed by atoms with Gasteiger partial charge in [0.1, 0.15) is 0 Å². The lowest BCUT2D eigenvalue weighted by molar-refractivity contribution is -0.130. The molecule has 3 N–H and O–H groups in total. The van der Waals surface area contributed by atoms with Gasteiger partial charge >= 0.3 is 0 Å². The molecule has 0 spiro atoms. The van der Waals surface area contributed by atoms with Crippen molar-refractivity contribution in [3.8, 4) is 0 Å². The molecule has 0 aromatic heterocycles. The van der Waals surface area contributed by atoms with Crippen LogP contribution in [0.15, 0.2) is 0 Å². The summed E-state index contributed by atoms with van der Waals surface area (Å²) in [6.45, 7) is 3.79. The van der Waals surface area contributed by atoms with Crippen molar-refractivity contribution in [3.63, 3.8) is 0 Å². The number of rotatable bonds is 4. The van der Waals surface area contributed by atoms with E-state index in [0.717, 1.165) is 18.8 Å². The minimum absolute atomic E-state index is 0. The van der Waals surface area contributed by atoms with Gasteiger partial charge in [0.25, 0.3) is 0 Å². The van der Waals surface area contributed by atoms with Gasteiger partial charge in [0.05, 0.1) is 5.92 Å². The normalized spacial score (nSPS) is 30.0. The van der Waals surface area contributed by atoms with Crippen LogP contribution < -0.4 is 11.1 Å². The molecule has 0 aromatic rings. The summed E-state index contributed by atoms with van der Waals surface area (Å²) in [5.74, 6) is 0.717. The van der Waals surface area contributed by atoms with Gasteiger partial charge in [0.15, 0.2) is 0 Å². The summed E-state index contributed by atoms with van der Waals surface area (Å²) in [5, 5.41) is 2.78. The first-order valence-electron chi connectivity index (χ1n) is 7.39. The van der Waals surface area contributed by atoms with Crippen LogP contribution in [0, 0.1) is 11.8 Å². The number of nitrogens with two attached hydrogens (primary N) is 1. The van der Waals surface area contributed by atoms with Gasteiger partial charge < -0.3 is 16.0 Å². The van der Waals surface area contributed by atoms with Gasteiger partial charge in [0.2, 0.25) is 11.8 Å². The molecule has 6 heteroatoms. The maximum atomic E-state index is 12.1. The van der Waals surface area contributed by atoms with Crippen LogP contribution >= 0.6 is 12.4 Å². The van der Waals surface area contributed by atoms with Crippen LogP contribution in [0.3, 0.4) is 0 Å². The fourth-order valence-corrected chi connectivity index (χ4v) is 3.15. The van der Waals surface area contributed by atoms with Crippen molar-refractivity contribution in [1.29, 1.82) is 0 Å². The van der Waals surface area contributed by atoms with E-state index in [0.29, 0.717) is 32.1 Å². The third kappa shape index (κ3) is 4.09. The zero-order chi connectivity index (χ0) is 13.8. The monoisotopic (exact) mass is 303 g/mol. The molecule has 116 valence electrons. The van der Waals surface area contributed by atoms with Gasteiger partial charge in [-0.2, -0.15) is 0 Å². The fraction of sp³-hybridized carbons (Fsp3) is 0.857. The van der Waals surface area contributed by atoms with Crippen LogP contribution in [0.5, 0.6) is 0 Å². The summed E-state index contributed by atoms with van der Waals surface area (Å²) in [6, 6.07) is 0.357. The van der Waals surface area contributed by atoms with E-state index < -0.39 is 0 Å². The molecule has 20 heavy (non-hydrogen) atoms. The van der Waals surface area contributed by atoms with Crippen molar-refractivity contribution in [2.45, 2.75) is 45.1 Å². The van der Waals surface area contributed by atoms with Gasteiger partial charge in [0, 0.05) is 32.1 Å². The highest BCUT2D eigenvalue weighted by Gasteiger charge is 2.38. The first-order chi connectivity index (χ1) is 9.11. The summed E-state index contributed by atoms with van der Waals surface area (Å²) >= 11 is 0. The molecule has 1 atom stereocenters. The summed E-state index contributed by atoms with van der Waals surface area (Å²) in [6.07, 6.45) is 4.92. The number of nitrogens with one attached hydrogen (secondary N) is 1. The van der Waals surface area contributed by atoms with E-state index in [1.165, 1.54) is 12.8 Å². The highest BCUT2D eigenvalue weighted by Crippen LogP contribution is 2.31. The average Bonchev–Trinajstić information content (AvgIpc) is 2.79. The van der Waals surface area contributed by atoms with Crippen LogP contribution in [-0.2, 0) is 9.59 Å². The number of nitrogens with zero attached hydrogens (tertiary/aromatic N) is 1. The maximum absolute atomic E-state index is 12.1. The molecule has 2 fully saturated rings. The van der Waals surface area contributed by atoms with E-state index in [4.69, 9.17) is 5.73 Å². The van der Waals surface area contributed by atoms with Crippen LogP contribution in [0.1, 0.15) is 39.0 Å². The van der Waals surface area contributed by atoms with Gasteiger partial charge in [-0.15, -0.1) is 12.4 Å². The number of carbonyl (C=O) groups excluding carboxylic acids is 2. The second kappa shape index (κ2) is 7.84. The van der Waals surface area contributed by atoms with Crippen molar-refractivity contribution in [2.75, 3.05) is 19.6 Å². The quantitative estimate of drug-likeness (QED) is 0.810. The van der Waals surface area contributed by atoms with E-state index in [1.54, 1.807) is 0 Å². The van der Waals surface area contributed by atoms with E-state index in [9.17, 15) is 9.59 Å². The van der Waals surface area contributed by atoms with Crippen LogP contribution in [0.25, 0.3) is 0 Å². The summed E-state index contributed by atoms with van der Waals surface area (Å²) in [5.41, 5.74) is 5.37. The SMILES string of the molecule is CC1CCC(N2CC(C(=O)NCCN)CC2=O)CC1.Cl. The van der Waals surface area contributed by atoms with E-state index >= 15 is 0 Å². The lowest BCUT2D eigenvalue weighted by atomic mass is 9.87. The van der Waals surface area contributed by atoms with Gasteiger partial charge in [-0.05, 0) is 31.6 Å². The van der Waals surface area contributed by atoms with E-state index in [-0.39, 0.29) is 30.1 Å². The van der Waals surface area contributed by atoms with Gasteiger partial charge in [-0.3, -0.25) is 9.59 Å². The Labute approximate surface area is 127 Å². The number of hydrogen-bond acceptors (Lipinski definition) is 3. The van der Waals surface area contributed by atoms with Crippen molar-refractivity contribution in [3.05, 3.63) is 0 Å². The molecule has 1 saturated heterocycles. The first kappa shape index (κ1) is 17.2. The maximum Gasteiger partial charge on any atom is 0.225 e. The van der Waals surface area contributed by atoms with Crippen LogP contribution in [0.2, 0.25) is 0 Å². The molecule has 1 aliphatic heterocycles. The molecule has 1 unspecified atom stereocenters. The smallest absolute Gasteiger partial charge is 0.225 e. The Morgan fingerprint density at radius 3 is 2.60 bits per heavy atom. The Hall–Kier alpha value is -0.810. The lowest BCUT2D eigenvalue weighted by Crippen LogP contribution is -2.40. The topological polar surface area (TPSA) is 75.4 Å². The highest BCUT2D eigenvalue weighted by molar-refractivity contribution is 5.89. The Morgan fingerprint density at radius 1 is 1.35 bits per heavy atom. The van der Waals surface area contributed by atoms with Crippen LogP contribution in [-0.4, -0.2) is 42.4 Å². The molecular weight excluding hydrogens is 278 g/mol. The number of likely N-dealkylation sites (tertiary alicyclic amines) is 1. The molecule has 2 aliphatic rings. The average molecular weight is 304 g/mol. The molecule has 0 bridgehead atoms. The Morgan fingerprint density at radius 2 is 2.00 bits per heavy atom. The lowest BCUT2D eigenvalue weighted by Gasteiger charge is -2.33. The minimum Gasteiger partial charge on any atom is -0.355 e. The zero-order valence-electron chi connectivity index (χ0n) is 12.1. The summed E-state index contributed by atoms with van der Waals surface area (Å²) in [7, 11) is 0. The Balaban J connectivity index is 0.00000200. The van der Waals surface area contributed by atoms with Crippen LogP contribution in [0.4, 0.5) is 0 Å². The fourth-order valence-electron chi connectivity index (χ4n) is 3.15. The third-order valence-electron chi connectivity index (χ3n) is 4.40. The molecule has 2 rings (SSSR count). The van der Waals surface area contributed by atoms with Gasteiger partial charge in [-0.25, -0.2) is 0 Å². The second-order valence-corrected chi connectivity index (χ2v) is 5.94. The number of amides is 2. The van der Waals surface area contributed by atoms with Crippen molar-refractivity contribution in [1.82, 2.24) is 10.2 Å². The number of hydrogen-bond donors (Lipinski definition) is 2. The highest BCUT2D eigenvalue weighted by atomic mass is 35.5. The second-order valence-electron chi connectivity index (χ2n) is 5.94. The third-order valence-corrected chi connectivity index (χ3v) is 4.40. The van der Waals surface area contributed by atoms with Crippen molar-refractivity contribution >= 4 is 24.2 Å². The molecule has 1 heterocycles. The number of halogens is 1. The molecule has 0 aromatic carbocycles. The first-order valence-corrected chi connectivity index (χ1v) is 7.39. The molecule has 0 radical (unpaired) electrons. The van der Waals surface area contributed by atoms with Crippen molar-refractivity contribution in [2.24, 2.45) is 17.6 Å². The van der Waals surface area contributed by atoms with E-state index in [1.807, 2.05) is 4.90 Å². The predicted molar refractivity (Wildman–Crippen MR) is 80.6 cm³/mol. The molecule has 1 aliphatic carbocycles. The summed E-state index contributed by atoms with van der Waals surface area (Å²) in [4.78, 5) is 25.9. The summed E-state index contributed by atoms with van der Waals surface area (Å²) < 4.78 is 0. The molecule has 2 amide bonds. The minimum atomic E-state index is -0.182. The molecule has 1 saturated carbocycles. The largest absolute Gasteiger partial charge is 0.355 e. The molecular formula is C14H26ClN3O2. The van der Waals surface area contributed by atoms with Crippen molar-refractivity contribution < 1.29 is 9.59 Å². The standard InChI is InChI=1S/C14H25N3O2.ClH/c1-10-2-4-12(5-3-10)17-9-11(8-13(17)18)14(19)16-7-6-15;/h10-12H,2-9,15H2,1H3,(H,16,19);1H. The van der Waals surface area contributed by atoms with Gasteiger partial charge in [-0.1, -0.05) is 6.92 Å². The Kier molecular flexibility index (Phi) is 6.76. The zero-order valence-corrected chi connectivity index (χ0v) is 13.0. The predicted octanol–water partition coefficient (Wildman–Crippen LogP) is 0.910. The number of carbonyl (C=O) groups is 2. The Bertz CT molecular complexity index is 343. The molecule has 5 nitrogen and oxygen atoms in total. The van der Waals surface area contributed by atoms with E-state index in [2.05, 4.69) is 12.2 Å².